The van der Waals surface area contributed by atoms with Gasteiger partial charge in [0.25, 0.3) is 0 Å². The van der Waals surface area contributed by atoms with E-state index in [0.717, 1.165) is 4.88 Å². The van der Waals surface area contributed by atoms with Crippen molar-refractivity contribution in [2.75, 3.05) is 6.61 Å². The van der Waals surface area contributed by atoms with Gasteiger partial charge in [-0.05, 0) is 25.5 Å². The fourth-order valence-electron chi connectivity index (χ4n) is 1.05. The van der Waals surface area contributed by atoms with E-state index in [1.165, 1.54) is 11.3 Å². The van der Waals surface area contributed by atoms with Crippen molar-refractivity contribution in [2.45, 2.75) is 26.4 Å². The second-order valence-corrected chi connectivity index (χ2v) is 3.96. The van der Waals surface area contributed by atoms with Gasteiger partial charge in [0.1, 0.15) is 4.88 Å². The minimum absolute atomic E-state index is 0.313. The van der Waals surface area contributed by atoms with Crippen molar-refractivity contribution >= 4 is 17.3 Å². The van der Waals surface area contributed by atoms with Crippen molar-refractivity contribution in [3.05, 3.63) is 21.9 Å². The number of ether oxygens (including phenoxy) is 1. The number of esters is 1. The van der Waals surface area contributed by atoms with Crippen LogP contribution in [0, 0.1) is 0 Å². The number of rotatable bonds is 4. The lowest BCUT2D eigenvalue weighted by Crippen LogP contribution is -2.01. The molecule has 0 fully saturated rings. The lowest BCUT2D eigenvalue weighted by Gasteiger charge is -2.02. The van der Waals surface area contributed by atoms with E-state index in [1.54, 1.807) is 19.1 Å². The average molecular weight is 214 g/mol. The van der Waals surface area contributed by atoms with Crippen molar-refractivity contribution in [1.29, 1.82) is 0 Å². The maximum atomic E-state index is 11.3. The first-order chi connectivity index (χ1) is 6.69. The third-order valence-corrected chi connectivity index (χ3v) is 2.99. The Labute approximate surface area is 87.3 Å². The number of hydrogen-bond donors (Lipinski definition) is 1. The molecule has 0 bridgehead atoms. The zero-order valence-electron chi connectivity index (χ0n) is 8.32. The number of carbonyl (C=O) groups excluding carboxylic acids is 1. The van der Waals surface area contributed by atoms with E-state index < -0.39 is 6.10 Å². The highest BCUT2D eigenvalue weighted by Crippen LogP contribution is 2.25. The highest BCUT2D eigenvalue weighted by molar-refractivity contribution is 7.14. The molecule has 3 nitrogen and oxygen atoms in total. The fourth-order valence-corrected chi connectivity index (χ4v) is 2.02. The lowest BCUT2D eigenvalue weighted by atomic mass is 10.2. The molecule has 14 heavy (non-hydrogen) atoms. The van der Waals surface area contributed by atoms with Gasteiger partial charge in [0.2, 0.25) is 0 Å². The third kappa shape index (κ3) is 2.56. The number of aliphatic hydroxyl groups is 1. The summed E-state index contributed by atoms with van der Waals surface area (Å²) in [6.07, 6.45) is 0.186. The zero-order valence-corrected chi connectivity index (χ0v) is 9.13. The van der Waals surface area contributed by atoms with E-state index in [0.29, 0.717) is 17.9 Å². The first kappa shape index (κ1) is 11.2. The summed E-state index contributed by atoms with van der Waals surface area (Å²) in [6.45, 7) is 4.05. The normalized spacial score (nSPS) is 12.5. The average Bonchev–Trinajstić information content (AvgIpc) is 2.66. The van der Waals surface area contributed by atoms with Gasteiger partial charge in [-0.2, -0.15) is 0 Å². The summed E-state index contributed by atoms with van der Waals surface area (Å²) in [5.41, 5.74) is 0. The van der Waals surface area contributed by atoms with Gasteiger partial charge in [0.05, 0.1) is 12.7 Å². The predicted octanol–water partition coefficient (Wildman–Crippen LogP) is 2.37. The maximum Gasteiger partial charge on any atom is 0.348 e. The molecule has 0 aliphatic carbocycles. The molecule has 1 heterocycles. The van der Waals surface area contributed by atoms with Gasteiger partial charge in [0, 0.05) is 4.88 Å². The molecule has 1 aromatic rings. The molecule has 0 spiro atoms. The molecule has 0 saturated heterocycles. The van der Waals surface area contributed by atoms with Gasteiger partial charge < -0.3 is 9.84 Å². The molecule has 1 atom stereocenters. The summed E-state index contributed by atoms with van der Waals surface area (Å²) in [6, 6.07) is 3.46. The first-order valence-corrected chi connectivity index (χ1v) is 5.45. The Balaban J connectivity index is 2.72. The Bertz CT molecular complexity index is 306. The van der Waals surface area contributed by atoms with Gasteiger partial charge in [-0.25, -0.2) is 4.79 Å². The Morgan fingerprint density at radius 2 is 2.29 bits per heavy atom. The van der Waals surface area contributed by atoms with Gasteiger partial charge in [-0.3, -0.25) is 0 Å². The van der Waals surface area contributed by atoms with Crippen LogP contribution in [0.1, 0.15) is 40.9 Å². The minimum Gasteiger partial charge on any atom is -0.462 e. The van der Waals surface area contributed by atoms with Gasteiger partial charge in [0.15, 0.2) is 0 Å². The van der Waals surface area contributed by atoms with Gasteiger partial charge in [-0.1, -0.05) is 6.92 Å². The van der Waals surface area contributed by atoms with Crippen LogP contribution < -0.4 is 0 Å². The molecule has 0 radical (unpaired) electrons. The Hall–Kier alpha value is -0.870. The largest absolute Gasteiger partial charge is 0.462 e. The zero-order chi connectivity index (χ0) is 10.6. The summed E-state index contributed by atoms with van der Waals surface area (Å²) in [5, 5.41) is 9.51. The Morgan fingerprint density at radius 3 is 2.86 bits per heavy atom. The van der Waals surface area contributed by atoms with Gasteiger partial charge in [-0.15, -0.1) is 11.3 Å². The Morgan fingerprint density at radius 1 is 1.57 bits per heavy atom. The summed E-state index contributed by atoms with van der Waals surface area (Å²) in [7, 11) is 0. The second kappa shape index (κ2) is 5.12. The van der Waals surface area contributed by atoms with Crippen LogP contribution >= 0.6 is 11.3 Å². The monoisotopic (exact) mass is 214 g/mol. The highest BCUT2D eigenvalue weighted by Gasteiger charge is 2.13. The van der Waals surface area contributed by atoms with Crippen LogP contribution in [-0.4, -0.2) is 17.7 Å². The van der Waals surface area contributed by atoms with Crippen LogP contribution in [0.5, 0.6) is 0 Å². The van der Waals surface area contributed by atoms with Crippen LogP contribution in [0.2, 0.25) is 0 Å². The molecule has 0 saturated carbocycles. The molecular formula is C10H14O3S. The first-order valence-electron chi connectivity index (χ1n) is 4.64. The molecule has 1 N–H and O–H groups in total. The molecule has 1 unspecified atom stereocenters. The molecule has 0 aliphatic rings. The molecule has 78 valence electrons. The van der Waals surface area contributed by atoms with E-state index in [-0.39, 0.29) is 5.97 Å². The number of aliphatic hydroxyl groups excluding tert-OH is 1. The third-order valence-electron chi connectivity index (χ3n) is 1.82. The van der Waals surface area contributed by atoms with Crippen LogP contribution in [-0.2, 0) is 4.74 Å². The summed E-state index contributed by atoms with van der Waals surface area (Å²) < 4.78 is 4.84. The lowest BCUT2D eigenvalue weighted by molar-refractivity contribution is 0.0532. The van der Waals surface area contributed by atoms with Crippen molar-refractivity contribution in [1.82, 2.24) is 0 Å². The van der Waals surface area contributed by atoms with Crippen molar-refractivity contribution in [2.24, 2.45) is 0 Å². The standard InChI is InChI=1S/C10H14O3S/c1-3-7(11)8-5-6-9(14-8)10(12)13-4-2/h5-7,11H,3-4H2,1-2H3. The van der Waals surface area contributed by atoms with Crippen LogP contribution in [0.15, 0.2) is 12.1 Å². The van der Waals surface area contributed by atoms with E-state index in [4.69, 9.17) is 4.74 Å². The molecule has 4 heteroatoms. The molecule has 0 aromatic carbocycles. The molecular weight excluding hydrogens is 200 g/mol. The van der Waals surface area contributed by atoms with E-state index in [1.807, 2.05) is 6.92 Å². The van der Waals surface area contributed by atoms with Crippen LogP contribution in [0.25, 0.3) is 0 Å². The summed E-state index contributed by atoms with van der Waals surface area (Å²) >= 11 is 1.29. The SMILES string of the molecule is CCOC(=O)c1ccc(C(O)CC)s1. The summed E-state index contributed by atoms with van der Waals surface area (Å²) in [4.78, 5) is 12.6. The van der Waals surface area contributed by atoms with Crippen molar-refractivity contribution < 1.29 is 14.6 Å². The van der Waals surface area contributed by atoms with Gasteiger partial charge >= 0.3 is 5.97 Å². The topological polar surface area (TPSA) is 46.5 Å². The van der Waals surface area contributed by atoms with Crippen LogP contribution in [0.3, 0.4) is 0 Å². The van der Waals surface area contributed by atoms with Crippen LogP contribution in [0.4, 0.5) is 0 Å². The number of hydrogen-bond acceptors (Lipinski definition) is 4. The number of thiophene rings is 1. The highest BCUT2D eigenvalue weighted by atomic mass is 32.1. The fraction of sp³-hybridized carbons (Fsp3) is 0.500. The minimum atomic E-state index is -0.469. The predicted molar refractivity (Wildman–Crippen MR) is 55.5 cm³/mol. The smallest absolute Gasteiger partial charge is 0.348 e. The Kier molecular flexibility index (Phi) is 4.10. The molecule has 0 amide bonds. The molecule has 1 aromatic heterocycles. The van der Waals surface area contributed by atoms with Crippen molar-refractivity contribution in [3.63, 3.8) is 0 Å². The van der Waals surface area contributed by atoms with E-state index in [2.05, 4.69) is 0 Å². The second-order valence-electron chi connectivity index (χ2n) is 2.85. The number of carbonyl (C=O) groups is 1. The van der Waals surface area contributed by atoms with E-state index >= 15 is 0 Å². The summed E-state index contributed by atoms with van der Waals surface area (Å²) in [5.74, 6) is -0.313. The quantitative estimate of drug-likeness (QED) is 0.783. The van der Waals surface area contributed by atoms with E-state index in [9.17, 15) is 9.90 Å². The van der Waals surface area contributed by atoms with Crippen molar-refractivity contribution in [3.8, 4) is 0 Å². The molecule has 1 rings (SSSR count). The molecule has 0 aliphatic heterocycles. The maximum absolute atomic E-state index is 11.3.